The normalized spacial score (nSPS) is 12.9. The maximum absolute atomic E-state index is 12.9. The zero-order valence-corrected chi connectivity index (χ0v) is 14.7. The lowest BCUT2D eigenvalue weighted by atomic mass is 9.90. The van der Waals surface area contributed by atoms with E-state index in [0.717, 1.165) is 11.1 Å². The quantitative estimate of drug-likeness (QED) is 0.708. The van der Waals surface area contributed by atoms with Crippen molar-refractivity contribution in [2.24, 2.45) is 0 Å². The van der Waals surface area contributed by atoms with Crippen LogP contribution in [-0.2, 0) is 14.4 Å². The number of rotatable bonds is 7. The highest BCUT2D eigenvalue weighted by Crippen LogP contribution is 2.24. The lowest BCUT2D eigenvalue weighted by molar-refractivity contribution is -0.141. The fourth-order valence-electron chi connectivity index (χ4n) is 2.55. The second kappa shape index (κ2) is 8.80. The van der Waals surface area contributed by atoms with Crippen LogP contribution in [0.2, 0.25) is 0 Å². The Morgan fingerprint density at radius 3 is 1.58 bits per heavy atom. The van der Waals surface area contributed by atoms with E-state index in [1.807, 2.05) is 60.7 Å². The van der Waals surface area contributed by atoms with Gasteiger partial charge in [-0.05, 0) is 25.0 Å². The molecule has 6 heteroatoms. The summed E-state index contributed by atoms with van der Waals surface area (Å²) in [6, 6.07) is 16.7. The molecule has 2 atom stereocenters. The number of carbonyl (C=O) groups excluding carboxylic acids is 2. The van der Waals surface area contributed by atoms with E-state index in [-0.39, 0.29) is 5.91 Å². The average molecular weight is 354 g/mol. The summed E-state index contributed by atoms with van der Waals surface area (Å²) in [5.41, 5.74) is 1.62. The van der Waals surface area contributed by atoms with Crippen molar-refractivity contribution in [3.63, 3.8) is 0 Å². The van der Waals surface area contributed by atoms with Gasteiger partial charge in [-0.2, -0.15) is 0 Å². The molecule has 0 aliphatic heterocycles. The van der Waals surface area contributed by atoms with Crippen molar-refractivity contribution in [2.75, 3.05) is 0 Å². The zero-order chi connectivity index (χ0) is 19.1. The Hall–Kier alpha value is -3.15. The van der Waals surface area contributed by atoms with Gasteiger partial charge in [0.25, 0.3) is 0 Å². The first-order valence-electron chi connectivity index (χ1n) is 8.33. The molecule has 2 amide bonds. The molecule has 0 spiro atoms. The first kappa shape index (κ1) is 19.2. The molecule has 0 aliphatic rings. The smallest absolute Gasteiger partial charge is 0.325 e. The number of carboxylic acids is 1. The molecule has 0 aliphatic carbocycles. The molecular formula is C20H22N2O4. The fraction of sp³-hybridized carbons (Fsp3) is 0.250. The Morgan fingerprint density at radius 1 is 0.731 bits per heavy atom. The van der Waals surface area contributed by atoms with Crippen LogP contribution in [0.4, 0.5) is 0 Å². The molecule has 136 valence electrons. The van der Waals surface area contributed by atoms with Crippen molar-refractivity contribution < 1.29 is 19.5 Å². The van der Waals surface area contributed by atoms with Crippen LogP contribution >= 0.6 is 0 Å². The average Bonchev–Trinajstić information content (AvgIpc) is 2.63. The lowest BCUT2D eigenvalue weighted by Gasteiger charge is -2.21. The summed E-state index contributed by atoms with van der Waals surface area (Å²) in [6.45, 7) is 2.89. The third-order valence-electron chi connectivity index (χ3n) is 4.01. The molecule has 0 radical (unpaired) electrons. The highest BCUT2D eigenvalue weighted by Gasteiger charge is 2.26. The Labute approximate surface area is 152 Å². The van der Waals surface area contributed by atoms with Crippen LogP contribution in [0, 0.1) is 0 Å². The summed E-state index contributed by atoms with van der Waals surface area (Å²) in [7, 11) is 0. The van der Waals surface area contributed by atoms with E-state index < -0.39 is 29.9 Å². The van der Waals surface area contributed by atoms with E-state index >= 15 is 0 Å². The van der Waals surface area contributed by atoms with Gasteiger partial charge >= 0.3 is 5.97 Å². The maximum Gasteiger partial charge on any atom is 0.325 e. The summed E-state index contributed by atoms with van der Waals surface area (Å²) < 4.78 is 0. The molecule has 0 heterocycles. The van der Waals surface area contributed by atoms with Gasteiger partial charge < -0.3 is 15.7 Å². The number of carboxylic acid groups (broad SMARTS) is 1. The van der Waals surface area contributed by atoms with E-state index in [1.165, 1.54) is 13.8 Å². The number of amides is 2. The van der Waals surface area contributed by atoms with E-state index in [2.05, 4.69) is 10.6 Å². The largest absolute Gasteiger partial charge is 0.480 e. The number of carbonyl (C=O) groups is 3. The van der Waals surface area contributed by atoms with Gasteiger partial charge in [-0.1, -0.05) is 60.7 Å². The molecular weight excluding hydrogens is 332 g/mol. The zero-order valence-electron chi connectivity index (χ0n) is 14.7. The third kappa shape index (κ3) is 4.92. The van der Waals surface area contributed by atoms with Crippen molar-refractivity contribution in [3.05, 3.63) is 71.8 Å². The van der Waals surface area contributed by atoms with Crippen LogP contribution in [0.25, 0.3) is 0 Å². The van der Waals surface area contributed by atoms with Gasteiger partial charge in [0.05, 0.1) is 5.92 Å². The molecule has 2 aromatic rings. The van der Waals surface area contributed by atoms with Crippen molar-refractivity contribution in [1.82, 2.24) is 10.6 Å². The van der Waals surface area contributed by atoms with Crippen LogP contribution in [0.3, 0.4) is 0 Å². The predicted molar refractivity (Wildman–Crippen MR) is 97.6 cm³/mol. The maximum atomic E-state index is 12.9. The Morgan fingerprint density at radius 2 is 1.15 bits per heavy atom. The van der Waals surface area contributed by atoms with Crippen LogP contribution < -0.4 is 10.6 Å². The van der Waals surface area contributed by atoms with E-state index in [0.29, 0.717) is 0 Å². The first-order chi connectivity index (χ1) is 12.4. The molecule has 0 saturated carbocycles. The molecule has 3 N–H and O–H groups in total. The van der Waals surface area contributed by atoms with Crippen LogP contribution in [0.15, 0.2) is 60.7 Å². The van der Waals surface area contributed by atoms with Crippen LogP contribution in [0.1, 0.15) is 30.9 Å². The fourth-order valence-corrected chi connectivity index (χ4v) is 2.55. The Kier molecular flexibility index (Phi) is 6.49. The Bertz CT molecular complexity index is 722. The monoisotopic (exact) mass is 354 g/mol. The predicted octanol–water partition coefficient (Wildman–Crippen LogP) is 1.91. The number of aliphatic carboxylic acids is 1. The summed E-state index contributed by atoms with van der Waals surface area (Å²) in [6.07, 6.45) is 0. The topological polar surface area (TPSA) is 95.5 Å². The van der Waals surface area contributed by atoms with Crippen molar-refractivity contribution in [2.45, 2.75) is 31.8 Å². The summed E-state index contributed by atoms with van der Waals surface area (Å²) in [5, 5.41) is 13.9. The van der Waals surface area contributed by atoms with Gasteiger partial charge in [-0.3, -0.25) is 14.4 Å². The summed E-state index contributed by atoms with van der Waals surface area (Å²) in [4.78, 5) is 35.8. The molecule has 0 fully saturated rings. The van der Waals surface area contributed by atoms with Crippen molar-refractivity contribution in [3.8, 4) is 0 Å². The minimum atomic E-state index is -1.14. The van der Waals surface area contributed by atoms with Gasteiger partial charge in [-0.15, -0.1) is 0 Å². The SMILES string of the molecule is C[C@H](NC(=O)[C@H](C)NC(=O)C(c1ccccc1)c1ccccc1)C(=O)O. The molecule has 26 heavy (non-hydrogen) atoms. The summed E-state index contributed by atoms with van der Waals surface area (Å²) in [5.74, 6) is -2.57. The van der Waals surface area contributed by atoms with E-state index in [4.69, 9.17) is 5.11 Å². The first-order valence-corrected chi connectivity index (χ1v) is 8.33. The lowest BCUT2D eigenvalue weighted by Crippen LogP contribution is -2.50. The molecule has 2 rings (SSSR count). The van der Waals surface area contributed by atoms with Crippen LogP contribution in [-0.4, -0.2) is 35.0 Å². The van der Waals surface area contributed by atoms with Gasteiger partial charge in [-0.25, -0.2) is 0 Å². The summed E-state index contributed by atoms with van der Waals surface area (Å²) >= 11 is 0. The minimum absolute atomic E-state index is 0.326. The second-order valence-electron chi connectivity index (χ2n) is 6.05. The number of nitrogens with one attached hydrogen (secondary N) is 2. The number of benzene rings is 2. The van der Waals surface area contributed by atoms with Crippen LogP contribution in [0.5, 0.6) is 0 Å². The molecule has 0 bridgehead atoms. The van der Waals surface area contributed by atoms with E-state index in [1.54, 1.807) is 0 Å². The van der Waals surface area contributed by atoms with E-state index in [9.17, 15) is 14.4 Å². The number of hydrogen-bond acceptors (Lipinski definition) is 3. The molecule has 6 nitrogen and oxygen atoms in total. The van der Waals surface area contributed by atoms with Crippen molar-refractivity contribution in [1.29, 1.82) is 0 Å². The van der Waals surface area contributed by atoms with Gasteiger partial charge in [0, 0.05) is 0 Å². The van der Waals surface area contributed by atoms with Crippen molar-refractivity contribution >= 4 is 17.8 Å². The van der Waals surface area contributed by atoms with Gasteiger partial charge in [0.2, 0.25) is 11.8 Å². The molecule has 0 saturated heterocycles. The highest BCUT2D eigenvalue weighted by atomic mass is 16.4. The second-order valence-corrected chi connectivity index (χ2v) is 6.05. The Balaban J connectivity index is 2.17. The van der Waals surface area contributed by atoms with Gasteiger partial charge in [0.15, 0.2) is 0 Å². The standard InChI is InChI=1S/C20H22N2O4/c1-13(18(23)22-14(2)20(25)26)21-19(24)17(15-9-5-3-6-10-15)16-11-7-4-8-12-16/h3-14,17H,1-2H3,(H,21,24)(H,22,23)(H,25,26)/t13-,14-/m0/s1. The third-order valence-corrected chi connectivity index (χ3v) is 4.01. The highest BCUT2D eigenvalue weighted by molar-refractivity contribution is 5.93. The molecule has 0 unspecified atom stereocenters. The molecule has 2 aromatic carbocycles. The molecule has 0 aromatic heterocycles. The number of hydrogen-bond donors (Lipinski definition) is 3. The van der Waals surface area contributed by atoms with Gasteiger partial charge in [0.1, 0.15) is 12.1 Å². The minimum Gasteiger partial charge on any atom is -0.480 e.